The zero-order chi connectivity index (χ0) is 21.6. The fourth-order valence-corrected chi connectivity index (χ4v) is 3.61. The second kappa shape index (κ2) is 9.82. The molecule has 0 aromatic heterocycles. The number of ether oxygens (including phenoxy) is 1. The largest absolute Gasteiger partial charge is 0.495 e. The van der Waals surface area contributed by atoms with Gasteiger partial charge in [-0.3, -0.25) is 4.79 Å². The lowest BCUT2D eigenvalue weighted by molar-refractivity contribution is 0.0731. The number of likely N-dealkylation sites (N-methyl/N-ethyl adjacent to an activating group) is 1. The van der Waals surface area contributed by atoms with E-state index in [4.69, 9.17) is 4.74 Å². The number of hydrogen-bond acceptors (Lipinski definition) is 5. The van der Waals surface area contributed by atoms with Crippen LogP contribution in [0.4, 0.5) is 4.39 Å². The number of methoxy groups -OCH3 is 1. The maximum absolute atomic E-state index is 13.2. The number of rotatable bonds is 9. The van der Waals surface area contributed by atoms with E-state index >= 15 is 0 Å². The van der Waals surface area contributed by atoms with E-state index in [2.05, 4.69) is 4.72 Å². The highest BCUT2D eigenvalue weighted by atomic mass is 32.2. The first-order valence-electron chi connectivity index (χ1n) is 8.98. The second-order valence-corrected chi connectivity index (χ2v) is 8.58. The molecule has 29 heavy (non-hydrogen) atoms. The molecule has 0 aliphatic rings. The van der Waals surface area contributed by atoms with Gasteiger partial charge < -0.3 is 14.5 Å². The molecule has 0 radical (unpaired) electrons. The number of nitrogens with one attached hydrogen (secondary N) is 1. The molecule has 2 aromatic carbocycles. The van der Waals surface area contributed by atoms with Gasteiger partial charge in [0.1, 0.15) is 16.5 Å². The van der Waals surface area contributed by atoms with Crippen molar-refractivity contribution in [2.75, 3.05) is 41.3 Å². The molecule has 0 spiro atoms. The Morgan fingerprint density at radius 2 is 1.76 bits per heavy atom. The van der Waals surface area contributed by atoms with Crippen molar-refractivity contribution in [3.8, 4) is 5.75 Å². The molecule has 7 nitrogen and oxygen atoms in total. The molecule has 158 valence electrons. The molecular formula is C20H26FN3O4S. The summed E-state index contributed by atoms with van der Waals surface area (Å²) < 4.78 is 45.2. The van der Waals surface area contributed by atoms with Crippen LogP contribution in [0.2, 0.25) is 0 Å². The summed E-state index contributed by atoms with van der Waals surface area (Å²) in [5, 5.41) is 0. The van der Waals surface area contributed by atoms with Crippen LogP contribution in [0.3, 0.4) is 0 Å². The van der Waals surface area contributed by atoms with E-state index < -0.39 is 10.0 Å². The van der Waals surface area contributed by atoms with Crippen LogP contribution in [0.5, 0.6) is 5.75 Å². The van der Waals surface area contributed by atoms with Crippen LogP contribution in [0, 0.1) is 5.82 Å². The Kier molecular flexibility index (Phi) is 7.72. The molecule has 1 N–H and O–H groups in total. The highest BCUT2D eigenvalue weighted by Gasteiger charge is 2.23. The lowest BCUT2D eigenvalue weighted by Crippen LogP contribution is -2.36. The van der Waals surface area contributed by atoms with E-state index in [1.807, 2.05) is 19.0 Å². The molecule has 0 aliphatic carbocycles. The minimum Gasteiger partial charge on any atom is -0.495 e. The van der Waals surface area contributed by atoms with Crippen molar-refractivity contribution in [2.45, 2.75) is 11.4 Å². The number of amides is 1. The summed E-state index contributed by atoms with van der Waals surface area (Å²) >= 11 is 0. The first-order chi connectivity index (χ1) is 13.7. The monoisotopic (exact) mass is 423 g/mol. The molecule has 0 aliphatic heterocycles. The Hall–Kier alpha value is -2.49. The van der Waals surface area contributed by atoms with Gasteiger partial charge in [0.25, 0.3) is 5.91 Å². The van der Waals surface area contributed by atoms with Gasteiger partial charge in [0, 0.05) is 25.2 Å². The zero-order valence-electron chi connectivity index (χ0n) is 17.0. The maximum Gasteiger partial charge on any atom is 0.254 e. The van der Waals surface area contributed by atoms with E-state index in [9.17, 15) is 17.6 Å². The fourth-order valence-electron chi connectivity index (χ4n) is 2.70. The fraction of sp³-hybridized carbons (Fsp3) is 0.350. The Morgan fingerprint density at radius 3 is 2.31 bits per heavy atom. The highest BCUT2D eigenvalue weighted by molar-refractivity contribution is 7.89. The van der Waals surface area contributed by atoms with Gasteiger partial charge in [0.2, 0.25) is 10.0 Å². The van der Waals surface area contributed by atoms with Crippen molar-refractivity contribution in [1.29, 1.82) is 0 Å². The number of carbonyl (C=O) groups is 1. The molecule has 2 aromatic rings. The summed E-state index contributed by atoms with van der Waals surface area (Å²) in [7, 11) is 2.64. The number of benzene rings is 2. The minimum absolute atomic E-state index is 0.109. The minimum atomic E-state index is -3.81. The van der Waals surface area contributed by atoms with Crippen LogP contribution in [0.1, 0.15) is 15.9 Å². The average molecular weight is 424 g/mol. The van der Waals surface area contributed by atoms with Crippen molar-refractivity contribution in [1.82, 2.24) is 14.5 Å². The Labute approximate surface area is 171 Å². The number of hydrogen-bond donors (Lipinski definition) is 1. The predicted molar refractivity (Wildman–Crippen MR) is 109 cm³/mol. The molecule has 0 unspecified atom stereocenters. The topological polar surface area (TPSA) is 79.0 Å². The van der Waals surface area contributed by atoms with Crippen LogP contribution in [0.15, 0.2) is 47.4 Å². The van der Waals surface area contributed by atoms with Gasteiger partial charge in [-0.05, 0) is 57.0 Å². The molecular weight excluding hydrogens is 397 g/mol. The van der Waals surface area contributed by atoms with Crippen LogP contribution in [-0.4, -0.2) is 65.5 Å². The zero-order valence-corrected chi connectivity index (χ0v) is 17.8. The summed E-state index contributed by atoms with van der Waals surface area (Å²) in [6.07, 6.45) is 0. The van der Waals surface area contributed by atoms with Crippen LogP contribution < -0.4 is 9.46 Å². The normalized spacial score (nSPS) is 11.5. The third-order valence-corrected chi connectivity index (χ3v) is 5.80. The summed E-state index contributed by atoms with van der Waals surface area (Å²) in [4.78, 5) is 16.6. The van der Waals surface area contributed by atoms with E-state index in [1.165, 1.54) is 44.5 Å². The van der Waals surface area contributed by atoms with Crippen molar-refractivity contribution in [3.63, 3.8) is 0 Å². The molecule has 0 heterocycles. The van der Waals surface area contributed by atoms with Gasteiger partial charge in [-0.2, -0.15) is 0 Å². The van der Waals surface area contributed by atoms with Gasteiger partial charge in [-0.25, -0.2) is 17.5 Å². The SMILES string of the molecule is CNS(=O)(=O)c1cc(C(=O)N(CCN(C)C)Cc2ccc(F)cc2)ccc1OC. The molecule has 0 saturated carbocycles. The van der Waals surface area contributed by atoms with Gasteiger partial charge in [-0.1, -0.05) is 12.1 Å². The summed E-state index contributed by atoms with van der Waals surface area (Å²) in [6, 6.07) is 10.2. The third kappa shape index (κ3) is 5.99. The van der Waals surface area contributed by atoms with E-state index in [0.717, 1.165) is 5.56 Å². The number of sulfonamides is 1. The highest BCUT2D eigenvalue weighted by Crippen LogP contribution is 2.25. The van der Waals surface area contributed by atoms with Crippen LogP contribution in [0.25, 0.3) is 0 Å². The van der Waals surface area contributed by atoms with Gasteiger partial charge in [0.05, 0.1) is 7.11 Å². The second-order valence-electron chi connectivity index (χ2n) is 6.73. The van der Waals surface area contributed by atoms with Gasteiger partial charge in [0.15, 0.2) is 0 Å². The molecule has 0 fully saturated rings. The van der Waals surface area contributed by atoms with Crippen molar-refractivity contribution in [3.05, 3.63) is 59.4 Å². The summed E-state index contributed by atoms with van der Waals surface area (Å²) in [5.41, 5.74) is 0.996. The first kappa shape index (κ1) is 22.8. The summed E-state index contributed by atoms with van der Waals surface area (Å²) in [5.74, 6) is -0.530. The molecule has 0 atom stereocenters. The Balaban J connectivity index is 2.38. The molecule has 1 amide bonds. The lowest BCUT2D eigenvalue weighted by Gasteiger charge is -2.25. The van der Waals surface area contributed by atoms with Crippen molar-refractivity contribution >= 4 is 15.9 Å². The predicted octanol–water partition coefficient (Wildman–Crippen LogP) is 1.95. The van der Waals surface area contributed by atoms with Crippen molar-refractivity contribution in [2.24, 2.45) is 0 Å². The average Bonchev–Trinajstić information content (AvgIpc) is 2.71. The Bertz CT molecular complexity index is 947. The van der Waals surface area contributed by atoms with E-state index in [1.54, 1.807) is 17.0 Å². The van der Waals surface area contributed by atoms with Gasteiger partial charge in [-0.15, -0.1) is 0 Å². The molecule has 9 heteroatoms. The standard InChI is InChI=1S/C20H26FN3O4S/c1-22-29(26,27)19-13-16(7-10-18(19)28-4)20(25)24(12-11-23(2)3)14-15-5-8-17(21)9-6-15/h5-10,13,22H,11-12,14H2,1-4H3. The molecule has 2 rings (SSSR count). The summed E-state index contributed by atoms with van der Waals surface area (Å²) in [6.45, 7) is 1.31. The first-order valence-corrected chi connectivity index (χ1v) is 10.5. The van der Waals surface area contributed by atoms with Crippen LogP contribution >= 0.6 is 0 Å². The maximum atomic E-state index is 13.2. The smallest absolute Gasteiger partial charge is 0.254 e. The third-order valence-electron chi connectivity index (χ3n) is 4.36. The quantitative estimate of drug-likeness (QED) is 0.667. The lowest BCUT2D eigenvalue weighted by atomic mass is 10.1. The molecule has 0 saturated heterocycles. The van der Waals surface area contributed by atoms with E-state index in [-0.39, 0.29) is 34.5 Å². The number of halogens is 1. The number of nitrogens with zero attached hydrogens (tertiary/aromatic N) is 2. The number of carbonyl (C=O) groups excluding carboxylic acids is 1. The van der Waals surface area contributed by atoms with Gasteiger partial charge >= 0.3 is 0 Å². The Morgan fingerprint density at radius 1 is 1.10 bits per heavy atom. The van der Waals surface area contributed by atoms with E-state index in [0.29, 0.717) is 13.1 Å². The molecule has 0 bridgehead atoms. The van der Waals surface area contributed by atoms with Crippen LogP contribution in [-0.2, 0) is 16.6 Å². The van der Waals surface area contributed by atoms with Crippen molar-refractivity contribution < 1.29 is 22.3 Å².